The van der Waals surface area contributed by atoms with Crippen molar-refractivity contribution in [3.63, 3.8) is 0 Å². The topological polar surface area (TPSA) is 37.3 Å². The molecule has 86 valence electrons. The van der Waals surface area contributed by atoms with Gasteiger partial charge in [0.25, 0.3) is 0 Å². The largest absolute Gasteiger partial charge is 0.478 e. The number of hydrogen-bond acceptors (Lipinski definition) is 1. The van der Waals surface area contributed by atoms with Gasteiger partial charge in [0, 0.05) is 0 Å². The summed E-state index contributed by atoms with van der Waals surface area (Å²) in [5.41, 5.74) is 0.367. The van der Waals surface area contributed by atoms with Gasteiger partial charge in [-0.3, -0.25) is 0 Å². The van der Waals surface area contributed by atoms with E-state index in [1.165, 1.54) is 6.42 Å². The van der Waals surface area contributed by atoms with Crippen LogP contribution in [0, 0.1) is 11.8 Å². The van der Waals surface area contributed by atoms with E-state index in [9.17, 15) is 4.79 Å². The van der Waals surface area contributed by atoms with E-state index < -0.39 is 5.97 Å². The van der Waals surface area contributed by atoms with Crippen LogP contribution >= 0.6 is 0 Å². The van der Waals surface area contributed by atoms with Crippen LogP contribution in [-0.4, -0.2) is 11.1 Å². The highest BCUT2D eigenvalue weighted by atomic mass is 16.4. The van der Waals surface area contributed by atoms with Crippen LogP contribution in [0.1, 0.15) is 40.5 Å². The summed E-state index contributed by atoms with van der Waals surface area (Å²) >= 11 is 0. The molecule has 15 heavy (non-hydrogen) atoms. The molecule has 0 bridgehead atoms. The minimum Gasteiger partial charge on any atom is -0.478 e. The van der Waals surface area contributed by atoms with Crippen LogP contribution in [0.3, 0.4) is 0 Å². The molecule has 0 aliphatic rings. The summed E-state index contributed by atoms with van der Waals surface area (Å²) in [6.45, 7) is 8.34. The fourth-order valence-corrected chi connectivity index (χ4v) is 1.62. The average Bonchev–Trinajstić information content (AvgIpc) is 2.10. The number of rotatable bonds is 6. The smallest absolute Gasteiger partial charge is 0.335 e. The van der Waals surface area contributed by atoms with Crippen LogP contribution in [0.15, 0.2) is 23.8 Å². The van der Waals surface area contributed by atoms with Crippen molar-refractivity contribution >= 4 is 5.97 Å². The SMILES string of the molecule is C/C=C(\C=C/CC(C)CC(C)C)C(=O)O. The van der Waals surface area contributed by atoms with Gasteiger partial charge in [0.05, 0.1) is 5.57 Å². The maximum atomic E-state index is 10.7. The van der Waals surface area contributed by atoms with E-state index in [1.54, 1.807) is 19.1 Å². The maximum absolute atomic E-state index is 10.7. The minimum absolute atomic E-state index is 0.367. The lowest BCUT2D eigenvalue weighted by Gasteiger charge is -2.10. The highest BCUT2D eigenvalue weighted by Gasteiger charge is 2.04. The summed E-state index contributed by atoms with van der Waals surface area (Å²) in [5, 5.41) is 8.76. The Hall–Kier alpha value is -1.05. The normalized spacial score (nSPS) is 14.9. The van der Waals surface area contributed by atoms with E-state index in [0.29, 0.717) is 17.4 Å². The Morgan fingerprint density at radius 3 is 2.33 bits per heavy atom. The second-order valence-corrected chi connectivity index (χ2v) is 4.42. The first kappa shape index (κ1) is 13.9. The van der Waals surface area contributed by atoms with E-state index in [4.69, 9.17) is 5.11 Å². The molecule has 1 N–H and O–H groups in total. The van der Waals surface area contributed by atoms with Gasteiger partial charge in [0.1, 0.15) is 0 Å². The van der Waals surface area contributed by atoms with Crippen molar-refractivity contribution in [2.45, 2.75) is 40.5 Å². The molecule has 0 spiro atoms. The zero-order valence-electron chi connectivity index (χ0n) is 10.2. The van der Waals surface area contributed by atoms with Gasteiger partial charge < -0.3 is 5.11 Å². The second kappa shape index (κ2) is 7.27. The molecule has 0 aliphatic heterocycles. The summed E-state index contributed by atoms with van der Waals surface area (Å²) in [6, 6.07) is 0. The highest BCUT2D eigenvalue weighted by Crippen LogP contribution is 2.15. The van der Waals surface area contributed by atoms with Gasteiger partial charge in [-0.15, -0.1) is 0 Å². The molecule has 0 aromatic carbocycles. The van der Waals surface area contributed by atoms with E-state index in [1.807, 2.05) is 6.08 Å². The van der Waals surface area contributed by atoms with Crippen molar-refractivity contribution in [1.82, 2.24) is 0 Å². The monoisotopic (exact) mass is 210 g/mol. The van der Waals surface area contributed by atoms with Crippen LogP contribution in [0.4, 0.5) is 0 Å². The third-order valence-electron chi connectivity index (χ3n) is 2.27. The number of aliphatic carboxylic acids is 1. The Labute approximate surface area is 92.7 Å². The van der Waals surface area contributed by atoms with E-state index in [2.05, 4.69) is 20.8 Å². The highest BCUT2D eigenvalue weighted by molar-refractivity contribution is 5.89. The van der Waals surface area contributed by atoms with Crippen LogP contribution in [0.5, 0.6) is 0 Å². The Morgan fingerprint density at radius 2 is 1.93 bits per heavy atom. The first-order valence-corrected chi connectivity index (χ1v) is 5.53. The van der Waals surface area contributed by atoms with Crippen LogP contribution in [0.2, 0.25) is 0 Å². The molecule has 2 heteroatoms. The van der Waals surface area contributed by atoms with Gasteiger partial charge in [0.15, 0.2) is 0 Å². The fraction of sp³-hybridized carbons (Fsp3) is 0.615. The molecule has 0 saturated carbocycles. The molecule has 0 aliphatic carbocycles. The van der Waals surface area contributed by atoms with Crippen molar-refractivity contribution in [2.24, 2.45) is 11.8 Å². The fourth-order valence-electron chi connectivity index (χ4n) is 1.62. The van der Waals surface area contributed by atoms with Gasteiger partial charge in [-0.05, 0) is 31.6 Å². The summed E-state index contributed by atoms with van der Waals surface area (Å²) in [7, 11) is 0. The van der Waals surface area contributed by atoms with Gasteiger partial charge in [-0.2, -0.15) is 0 Å². The third kappa shape index (κ3) is 6.95. The van der Waals surface area contributed by atoms with E-state index in [-0.39, 0.29) is 0 Å². The number of carbonyl (C=O) groups is 1. The Morgan fingerprint density at radius 1 is 1.33 bits per heavy atom. The molecular formula is C13H22O2. The van der Waals surface area contributed by atoms with Gasteiger partial charge in [-0.25, -0.2) is 4.79 Å². The molecule has 0 radical (unpaired) electrons. The Balaban J connectivity index is 4.03. The first-order chi connectivity index (χ1) is 6.97. The molecule has 0 heterocycles. The average molecular weight is 210 g/mol. The molecule has 0 fully saturated rings. The predicted octanol–water partition coefficient (Wildman–Crippen LogP) is 3.65. The van der Waals surface area contributed by atoms with Crippen LogP contribution < -0.4 is 0 Å². The standard InChI is InChI=1S/C13H22O2/c1-5-12(13(14)15)8-6-7-11(4)9-10(2)3/h5-6,8,10-11H,7,9H2,1-4H3,(H,14,15)/b8-6-,12-5+. The molecule has 0 saturated heterocycles. The maximum Gasteiger partial charge on any atom is 0.335 e. The molecule has 0 rings (SSSR count). The molecule has 0 aromatic rings. The van der Waals surface area contributed by atoms with Gasteiger partial charge in [-0.1, -0.05) is 39.0 Å². The molecule has 0 amide bonds. The van der Waals surface area contributed by atoms with Crippen molar-refractivity contribution in [1.29, 1.82) is 0 Å². The molecule has 1 unspecified atom stereocenters. The van der Waals surface area contributed by atoms with E-state index in [0.717, 1.165) is 6.42 Å². The number of carboxylic acids is 1. The van der Waals surface area contributed by atoms with Gasteiger partial charge >= 0.3 is 5.97 Å². The van der Waals surface area contributed by atoms with Crippen molar-refractivity contribution in [3.05, 3.63) is 23.8 Å². The van der Waals surface area contributed by atoms with Crippen molar-refractivity contribution in [3.8, 4) is 0 Å². The quantitative estimate of drug-likeness (QED) is 0.536. The molecular weight excluding hydrogens is 188 g/mol. The molecule has 1 atom stereocenters. The predicted molar refractivity (Wildman–Crippen MR) is 63.8 cm³/mol. The second-order valence-electron chi connectivity index (χ2n) is 4.42. The minimum atomic E-state index is -0.856. The lowest BCUT2D eigenvalue weighted by molar-refractivity contribution is -0.132. The summed E-state index contributed by atoms with van der Waals surface area (Å²) < 4.78 is 0. The van der Waals surface area contributed by atoms with Crippen LogP contribution in [-0.2, 0) is 4.79 Å². The molecule has 2 nitrogen and oxygen atoms in total. The van der Waals surface area contributed by atoms with Crippen LogP contribution in [0.25, 0.3) is 0 Å². The number of carboxylic acid groups (broad SMARTS) is 1. The lowest BCUT2D eigenvalue weighted by Crippen LogP contribution is -1.99. The summed E-state index contributed by atoms with van der Waals surface area (Å²) in [6.07, 6.45) is 7.40. The van der Waals surface area contributed by atoms with Crippen molar-refractivity contribution in [2.75, 3.05) is 0 Å². The zero-order valence-corrected chi connectivity index (χ0v) is 10.2. The Bertz CT molecular complexity index is 249. The summed E-state index contributed by atoms with van der Waals surface area (Å²) in [4.78, 5) is 10.7. The first-order valence-electron chi connectivity index (χ1n) is 5.53. The summed E-state index contributed by atoms with van der Waals surface area (Å²) in [5.74, 6) is 0.465. The van der Waals surface area contributed by atoms with E-state index >= 15 is 0 Å². The lowest BCUT2D eigenvalue weighted by atomic mass is 9.96. The van der Waals surface area contributed by atoms with Gasteiger partial charge in [0.2, 0.25) is 0 Å². The number of allylic oxidation sites excluding steroid dienone is 2. The molecule has 0 aromatic heterocycles. The Kier molecular flexibility index (Phi) is 6.76. The number of hydrogen-bond donors (Lipinski definition) is 1. The zero-order chi connectivity index (χ0) is 11.8. The van der Waals surface area contributed by atoms with Crippen molar-refractivity contribution < 1.29 is 9.90 Å². The third-order valence-corrected chi connectivity index (χ3v) is 2.27.